The van der Waals surface area contributed by atoms with Crippen LogP contribution in [0.4, 0.5) is 0 Å². The van der Waals surface area contributed by atoms with Crippen molar-refractivity contribution >= 4 is 26.4 Å². The average molecular weight is 203 g/mol. The lowest BCUT2D eigenvalue weighted by Gasteiger charge is -1.96. The van der Waals surface area contributed by atoms with E-state index in [0.717, 1.165) is 0 Å². The molecule has 0 aromatic carbocycles. The maximum atomic E-state index is 10.3. The van der Waals surface area contributed by atoms with Crippen LogP contribution in [0.2, 0.25) is 0 Å². The largest absolute Gasteiger partial charge is 0.286 e. The average Bonchev–Trinajstić information content (AvgIpc) is 1.67. The Bertz CT molecular complexity index is 142. The zero-order valence-electron chi connectivity index (χ0n) is 4.31. The molecule has 0 saturated heterocycles. The van der Waals surface area contributed by atoms with Crippen molar-refractivity contribution in [2.75, 3.05) is 6.54 Å². The van der Waals surface area contributed by atoms with E-state index < -0.39 is 10.2 Å². The highest BCUT2D eigenvalue weighted by Gasteiger charge is 2.01. The summed E-state index contributed by atoms with van der Waals surface area (Å²) in [7, 11) is -3.25. The van der Waals surface area contributed by atoms with Crippen molar-refractivity contribution < 1.29 is 8.42 Å². The third kappa shape index (κ3) is 3.36. The topological polar surface area (TPSA) is 58.2 Å². The second kappa shape index (κ2) is 3.39. The lowest BCUT2D eigenvalue weighted by Crippen LogP contribution is -2.30. The summed E-state index contributed by atoms with van der Waals surface area (Å²) in [5.41, 5.74) is 0. The normalized spacial score (nSPS) is 11.8. The first-order valence-electron chi connectivity index (χ1n) is 1.99. The molecule has 0 fully saturated rings. The van der Waals surface area contributed by atoms with Crippen LogP contribution >= 0.6 is 16.1 Å². The van der Waals surface area contributed by atoms with E-state index >= 15 is 0 Å². The molecule has 0 aliphatic carbocycles. The van der Waals surface area contributed by atoms with Gasteiger partial charge in [-0.15, -0.1) is 3.75 Å². The van der Waals surface area contributed by atoms with Crippen LogP contribution in [0.5, 0.6) is 0 Å². The van der Waals surface area contributed by atoms with E-state index in [4.69, 9.17) is 0 Å². The summed E-state index contributed by atoms with van der Waals surface area (Å²) >= 11 is 2.57. The second-order valence-corrected chi connectivity index (χ2v) is 3.50. The maximum Gasteiger partial charge on any atom is 0.286 e. The summed E-state index contributed by atoms with van der Waals surface area (Å²) in [6.07, 6.45) is 0. The minimum atomic E-state index is -3.25. The van der Waals surface area contributed by atoms with Gasteiger partial charge in [0.1, 0.15) is 0 Å². The Hall–Kier alpha value is 0.350. The van der Waals surface area contributed by atoms with Crippen molar-refractivity contribution in [2.24, 2.45) is 0 Å². The molecule has 8 heavy (non-hydrogen) atoms. The van der Waals surface area contributed by atoms with Crippen molar-refractivity contribution in [3.05, 3.63) is 0 Å². The zero-order valence-corrected chi connectivity index (χ0v) is 6.71. The fourth-order valence-corrected chi connectivity index (χ4v) is 0.995. The third-order valence-corrected chi connectivity index (χ3v) is 2.59. The fourth-order valence-electron chi connectivity index (χ4n) is 0.217. The number of hydrogen-bond acceptors (Lipinski definition) is 2. The Labute approximate surface area is 57.2 Å². The molecule has 0 heterocycles. The first-order chi connectivity index (χ1) is 3.62. The SMILES string of the molecule is CCNS(=O)(=O)NBr. The van der Waals surface area contributed by atoms with Gasteiger partial charge in [0.25, 0.3) is 10.2 Å². The molecule has 0 rings (SSSR count). The van der Waals surface area contributed by atoms with E-state index in [1.807, 2.05) is 3.75 Å². The molecule has 0 aromatic rings. The highest BCUT2D eigenvalue weighted by Crippen LogP contribution is 1.77. The molecule has 0 amide bonds. The van der Waals surface area contributed by atoms with Gasteiger partial charge >= 0.3 is 0 Å². The molecule has 50 valence electrons. The van der Waals surface area contributed by atoms with Crippen molar-refractivity contribution in [2.45, 2.75) is 6.92 Å². The van der Waals surface area contributed by atoms with Gasteiger partial charge in [-0.1, -0.05) is 6.92 Å². The summed E-state index contributed by atoms with van der Waals surface area (Å²) in [5.74, 6) is 0. The van der Waals surface area contributed by atoms with Crippen LogP contribution in [0.3, 0.4) is 0 Å². The third-order valence-electron chi connectivity index (χ3n) is 0.436. The lowest BCUT2D eigenvalue weighted by atomic mass is 10.8. The molecule has 0 aliphatic rings. The van der Waals surface area contributed by atoms with E-state index in [-0.39, 0.29) is 0 Å². The van der Waals surface area contributed by atoms with Crippen molar-refractivity contribution in [1.82, 2.24) is 8.47 Å². The highest BCUT2D eigenvalue weighted by atomic mass is 79.9. The minimum Gasteiger partial charge on any atom is -0.202 e. The molecule has 0 saturated carbocycles. The standard InChI is InChI=1S/C2H7BrN2O2S/c1-2-4-8(6,7)5-3/h4-5H,2H2,1H3. The van der Waals surface area contributed by atoms with Crippen LogP contribution in [-0.4, -0.2) is 15.0 Å². The Balaban J connectivity index is 3.76. The molecule has 0 aromatic heterocycles. The molecule has 0 aliphatic heterocycles. The quantitative estimate of drug-likeness (QED) is 0.621. The van der Waals surface area contributed by atoms with Crippen LogP contribution in [-0.2, 0) is 10.2 Å². The van der Waals surface area contributed by atoms with Gasteiger partial charge < -0.3 is 0 Å². The molecule has 4 nitrogen and oxygen atoms in total. The number of nitrogens with one attached hydrogen (secondary N) is 2. The van der Waals surface area contributed by atoms with Crippen LogP contribution in [0.15, 0.2) is 0 Å². The molecular formula is C2H7BrN2O2S. The van der Waals surface area contributed by atoms with Gasteiger partial charge in [0.2, 0.25) is 0 Å². The van der Waals surface area contributed by atoms with Crippen molar-refractivity contribution in [3.63, 3.8) is 0 Å². The molecule has 0 unspecified atom stereocenters. The molecule has 6 heteroatoms. The Morgan fingerprint density at radius 3 is 2.25 bits per heavy atom. The van der Waals surface area contributed by atoms with Crippen molar-refractivity contribution in [3.8, 4) is 0 Å². The summed E-state index contributed by atoms with van der Waals surface area (Å²) in [6, 6.07) is 0. The van der Waals surface area contributed by atoms with E-state index in [0.29, 0.717) is 6.54 Å². The number of hydrogen-bond donors (Lipinski definition) is 2. The predicted octanol–water partition coefficient (Wildman–Crippen LogP) is -0.260. The molecule has 0 spiro atoms. The fraction of sp³-hybridized carbons (Fsp3) is 1.00. The van der Waals surface area contributed by atoms with Gasteiger partial charge in [-0.05, 0) is 0 Å². The van der Waals surface area contributed by atoms with Crippen LogP contribution in [0.1, 0.15) is 6.92 Å². The molecule has 0 bridgehead atoms. The van der Waals surface area contributed by atoms with E-state index in [2.05, 4.69) is 20.9 Å². The summed E-state index contributed by atoms with van der Waals surface area (Å²) in [5, 5.41) is 0. The van der Waals surface area contributed by atoms with Gasteiger partial charge in [0.15, 0.2) is 0 Å². The first kappa shape index (κ1) is 8.35. The summed E-state index contributed by atoms with van der Waals surface area (Å²) in [6.45, 7) is 2.09. The lowest BCUT2D eigenvalue weighted by molar-refractivity contribution is 0.583. The van der Waals surface area contributed by atoms with E-state index in [1.165, 1.54) is 0 Å². The Kier molecular flexibility index (Phi) is 3.54. The second-order valence-electron chi connectivity index (χ2n) is 1.08. The van der Waals surface area contributed by atoms with Crippen LogP contribution < -0.4 is 8.47 Å². The highest BCUT2D eigenvalue weighted by molar-refractivity contribution is 9.09. The van der Waals surface area contributed by atoms with Crippen LogP contribution in [0.25, 0.3) is 0 Å². The summed E-state index contributed by atoms with van der Waals surface area (Å²) < 4.78 is 24.8. The van der Waals surface area contributed by atoms with Gasteiger partial charge in [-0.3, -0.25) is 0 Å². The Morgan fingerprint density at radius 2 is 2.12 bits per heavy atom. The number of rotatable bonds is 3. The van der Waals surface area contributed by atoms with Crippen LogP contribution in [0, 0.1) is 0 Å². The Morgan fingerprint density at radius 1 is 1.62 bits per heavy atom. The maximum absolute atomic E-state index is 10.3. The number of halogens is 1. The molecule has 0 radical (unpaired) electrons. The predicted molar refractivity (Wildman–Crippen MR) is 34.7 cm³/mol. The molecule has 0 atom stereocenters. The van der Waals surface area contributed by atoms with Gasteiger partial charge in [-0.25, -0.2) is 4.72 Å². The summed E-state index contributed by atoms with van der Waals surface area (Å²) in [4.78, 5) is 0. The van der Waals surface area contributed by atoms with Gasteiger partial charge in [0, 0.05) is 22.7 Å². The van der Waals surface area contributed by atoms with Gasteiger partial charge in [-0.2, -0.15) is 8.42 Å². The van der Waals surface area contributed by atoms with Crippen molar-refractivity contribution in [1.29, 1.82) is 0 Å². The zero-order chi connectivity index (χ0) is 6.62. The van der Waals surface area contributed by atoms with Gasteiger partial charge in [0.05, 0.1) is 0 Å². The van der Waals surface area contributed by atoms with E-state index in [1.54, 1.807) is 6.92 Å². The monoisotopic (exact) mass is 202 g/mol. The smallest absolute Gasteiger partial charge is 0.202 e. The molecular weight excluding hydrogens is 196 g/mol. The first-order valence-corrected chi connectivity index (χ1v) is 4.27. The molecule has 2 N–H and O–H groups in total. The minimum absolute atomic E-state index is 0.390. The van der Waals surface area contributed by atoms with E-state index in [9.17, 15) is 8.42 Å².